The Balaban J connectivity index is 1.59. The van der Waals surface area contributed by atoms with Crippen LogP contribution in [0.2, 0.25) is 0 Å². The zero-order chi connectivity index (χ0) is 25.8. The number of carbonyl (C=O) groups excluding carboxylic acids is 2. The summed E-state index contributed by atoms with van der Waals surface area (Å²) in [6.07, 6.45) is 2.26. The topological polar surface area (TPSA) is 61.8 Å². The highest BCUT2D eigenvalue weighted by Crippen LogP contribution is 2.14. The van der Waals surface area contributed by atoms with E-state index in [2.05, 4.69) is 36.8 Å². The van der Waals surface area contributed by atoms with Gasteiger partial charge in [-0.05, 0) is 72.8 Å². The van der Waals surface area contributed by atoms with Gasteiger partial charge in [-0.3, -0.25) is 4.79 Å². The van der Waals surface area contributed by atoms with Gasteiger partial charge in [-0.1, -0.05) is 36.8 Å². The Morgan fingerprint density at radius 3 is 1.89 bits per heavy atom. The van der Waals surface area contributed by atoms with Gasteiger partial charge in [0.2, 0.25) is 6.79 Å². The molecule has 6 heteroatoms. The molecule has 0 fully saturated rings. The smallest absolute Gasteiger partial charge is 0.333 e. The first kappa shape index (κ1) is 25.6. The Bertz CT molecular complexity index is 1380. The van der Waals surface area contributed by atoms with Crippen LogP contribution in [0.4, 0.5) is 4.39 Å². The highest BCUT2D eigenvalue weighted by molar-refractivity contribution is 5.90. The maximum Gasteiger partial charge on any atom is 0.333 e. The molecule has 0 aliphatic rings. The van der Waals surface area contributed by atoms with Gasteiger partial charge < -0.3 is 14.2 Å². The van der Waals surface area contributed by atoms with E-state index < -0.39 is 11.8 Å². The molecule has 178 valence electrons. The van der Waals surface area contributed by atoms with E-state index in [1.165, 1.54) is 12.1 Å². The van der Waals surface area contributed by atoms with Gasteiger partial charge in [0.15, 0.2) is 12.4 Å². The molecule has 3 aromatic rings. The van der Waals surface area contributed by atoms with Gasteiger partial charge in [-0.25, -0.2) is 9.18 Å². The molecule has 3 aromatic carbocycles. The van der Waals surface area contributed by atoms with Gasteiger partial charge in [-0.15, -0.1) is 0 Å². The third-order valence-corrected chi connectivity index (χ3v) is 4.57. The lowest BCUT2D eigenvalue weighted by atomic mass is 10.1. The fourth-order valence-corrected chi connectivity index (χ4v) is 2.67. The Morgan fingerprint density at radius 2 is 1.31 bits per heavy atom. The van der Waals surface area contributed by atoms with Crippen molar-refractivity contribution < 1.29 is 28.2 Å². The zero-order valence-electron chi connectivity index (χ0n) is 19.3. The van der Waals surface area contributed by atoms with Crippen molar-refractivity contribution in [2.24, 2.45) is 0 Å². The summed E-state index contributed by atoms with van der Waals surface area (Å²) in [5.74, 6) is 11.4. The number of hydrogen-bond donors (Lipinski definition) is 0. The summed E-state index contributed by atoms with van der Waals surface area (Å²) >= 11 is 0. The van der Waals surface area contributed by atoms with E-state index in [1.807, 2.05) is 0 Å². The minimum Gasteiger partial charge on any atom is -0.485 e. The lowest BCUT2D eigenvalue weighted by Gasteiger charge is -2.05. The quantitative estimate of drug-likeness (QED) is 0.200. The minimum atomic E-state index is -0.574. The van der Waals surface area contributed by atoms with Crippen LogP contribution < -0.4 is 9.47 Å². The molecule has 0 N–H and O–H groups in total. The van der Waals surface area contributed by atoms with Crippen molar-refractivity contribution in [3.63, 3.8) is 0 Å². The normalized spacial score (nSPS) is 9.47. The first-order valence-electron chi connectivity index (χ1n) is 10.7. The molecule has 0 unspecified atom stereocenters. The number of carbonyl (C=O) groups is 2. The summed E-state index contributed by atoms with van der Waals surface area (Å²) in [4.78, 5) is 22.2. The van der Waals surface area contributed by atoms with E-state index in [4.69, 9.17) is 14.2 Å². The summed E-state index contributed by atoms with van der Waals surface area (Å²) in [6.45, 7) is 6.39. The summed E-state index contributed by atoms with van der Waals surface area (Å²) in [5.41, 5.74) is 2.13. The predicted molar refractivity (Wildman–Crippen MR) is 134 cm³/mol. The molecule has 0 saturated heterocycles. The molecule has 0 amide bonds. The number of ketones is 1. The zero-order valence-corrected chi connectivity index (χ0v) is 19.3. The molecule has 36 heavy (non-hydrogen) atoms. The Hall–Kier alpha value is -5.07. The van der Waals surface area contributed by atoms with E-state index >= 15 is 0 Å². The highest BCUT2D eigenvalue weighted by Gasteiger charge is 2.01. The average molecular weight is 480 g/mol. The lowest BCUT2D eigenvalue weighted by molar-refractivity contribution is -0.144. The first-order chi connectivity index (χ1) is 17.5. The lowest BCUT2D eigenvalue weighted by Crippen LogP contribution is -2.07. The van der Waals surface area contributed by atoms with Crippen molar-refractivity contribution in [1.82, 2.24) is 0 Å². The van der Waals surface area contributed by atoms with E-state index in [0.29, 0.717) is 28.2 Å². The first-order valence-corrected chi connectivity index (χ1v) is 10.7. The van der Waals surface area contributed by atoms with Crippen molar-refractivity contribution in [2.75, 3.05) is 13.4 Å². The Labute approximate surface area is 208 Å². The van der Waals surface area contributed by atoms with Crippen LogP contribution in [0.15, 0.2) is 92.0 Å². The molecule has 0 spiro atoms. The Kier molecular flexibility index (Phi) is 9.21. The molecule has 3 rings (SSSR count). The van der Waals surface area contributed by atoms with Crippen LogP contribution in [0.5, 0.6) is 11.5 Å². The molecule has 0 atom stereocenters. The van der Waals surface area contributed by atoms with Crippen LogP contribution in [0.25, 0.3) is 0 Å². The van der Waals surface area contributed by atoms with Gasteiger partial charge in [0.1, 0.15) is 17.3 Å². The number of ether oxygens (including phenoxy) is 3. The fraction of sp³-hybridized carbons (Fsp3) is 0.0667. The van der Waals surface area contributed by atoms with Crippen molar-refractivity contribution in [3.05, 3.63) is 120 Å². The average Bonchev–Trinajstić information content (AvgIpc) is 2.91. The van der Waals surface area contributed by atoms with E-state index in [9.17, 15) is 14.0 Å². The number of halogens is 1. The van der Waals surface area contributed by atoms with E-state index in [1.54, 1.807) is 60.7 Å². The van der Waals surface area contributed by atoms with Crippen molar-refractivity contribution in [3.8, 4) is 35.2 Å². The van der Waals surface area contributed by atoms with Crippen molar-refractivity contribution >= 4 is 11.8 Å². The van der Waals surface area contributed by atoms with Crippen LogP contribution in [0, 0.1) is 29.5 Å². The monoisotopic (exact) mass is 480 g/mol. The number of hydrogen-bond acceptors (Lipinski definition) is 5. The van der Waals surface area contributed by atoms with Gasteiger partial charge in [-0.2, -0.15) is 0 Å². The molecule has 0 aliphatic heterocycles. The number of benzene rings is 3. The minimum absolute atomic E-state index is 0.0716. The van der Waals surface area contributed by atoms with Crippen molar-refractivity contribution in [1.29, 1.82) is 0 Å². The summed E-state index contributed by atoms with van der Waals surface area (Å²) in [6, 6.07) is 18.3. The number of esters is 1. The van der Waals surface area contributed by atoms with Crippen LogP contribution >= 0.6 is 0 Å². The molecule has 0 heterocycles. The van der Waals surface area contributed by atoms with Crippen LogP contribution in [0.1, 0.15) is 22.3 Å². The predicted octanol–water partition coefficient (Wildman–Crippen LogP) is 4.82. The summed E-state index contributed by atoms with van der Waals surface area (Å²) in [5, 5.41) is 0. The second kappa shape index (κ2) is 13.0. The van der Waals surface area contributed by atoms with E-state index in [-0.39, 0.29) is 24.7 Å². The van der Waals surface area contributed by atoms with Gasteiger partial charge in [0.25, 0.3) is 0 Å². The van der Waals surface area contributed by atoms with Crippen LogP contribution in [-0.2, 0) is 14.3 Å². The third kappa shape index (κ3) is 8.06. The molecule has 0 saturated carbocycles. The standard InChI is InChI=1S/C30H21FO5/c1-3-26(32)20-34-27-15-9-22(10-16-27)5-6-24-8-14-25(29(31)19-24)13-7-23-11-17-28(18-12-23)35-21-36-30(33)4-2/h3-4,8-12,14-19H,1-2,20-21H2. The van der Waals surface area contributed by atoms with Crippen LogP contribution in [-0.4, -0.2) is 25.2 Å². The van der Waals surface area contributed by atoms with Gasteiger partial charge in [0, 0.05) is 22.8 Å². The second-order valence-corrected chi connectivity index (χ2v) is 7.13. The summed E-state index contributed by atoms with van der Waals surface area (Å²) in [7, 11) is 0. The maximum atomic E-state index is 14.5. The maximum absolute atomic E-state index is 14.5. The second-order valence-electron chi connectivity index (χ2n) is 7.13. The Morgan fingerprint density at radius 1 is 0.750 bits per heavy atom. The van der Waals surface area contributed by atoms with E-state index in [0.717, 1.165) is 6.08 Å². The molecule has 0 bridgehead atoms. The number of rotatable bonds is 8. The fourth-order valence-electron chi connectivity index (χ4n) is 2.67. The highest BCUT2D eigenvalue weighted by atomic mass is 19.1. The molecule has 5 nitrogen and oxygen atoms in total. The van der Waals surface area contributed by atoms with Gasteiger partial charge >= 0.3 is 5.97 Å². The van der Waals surface area contributed by atoms with Crippen molar-refractivity contribution in [2.45, 2.75) is 0 Å². The molecule has 0 aliphatic carbocycles. The largest absolute Gasteiger partial charge is 0.485 e. The summed E-state index contributed by atoms with van der Waals surface area (Å²) < 4.78 is 29.9. The molecular weight excluding hydrogens is 459 g/mol. The third-order valence-electron chi connectivity index (χ3n) is 4.57. The molecular formula is C30H21FO5. The van der Waals surface area contributed by atoms with Crippen LogP contribution in [0.3, 0.4) is 0 Å². The molecule has 0 radical (unpaired) electrons. The SMILES string of the molecule is C=CC(=O)COc1ccc(C#Cc2ccc(C#Cc3ccc(OCOC(=O)C=C)cc3)c(F)c2)cc1. The van der Waals surface area contributed by atoms with Gasteiger partial charge in [0.05, 0.1) is 5.56 Å². The molecule has 0 aromatic heterocycles.